The van der Waals surface area contributed by atoms with E-state index in [0.29, 0.717) is 6.54 Å². The number of piperidine rings is 1. The lowest BCUT2D eigenvalue weighted by atomic mass is 9.83. The zero-order valence-electron chi connectivity index (χ0n) is 10.9. The summed E-state index contributed by atoms with van der Waals surface area (Å²) in [5, 5.41) is 3.27. The van der Waals surface area contributed by atoms with Crippen LogP contribution < -0.4 is 10.0 Å². The molecule has 1 aliphatic heterocycles. The Morgan fingerprint density at radius 2 is 2.26 bits per heavy atom. The summed E-state index contributed by atoms with van der Waals surface area (Å²) in [6.07, 6.45) is 2.02. The average Bonchev–Trinajstić information content (AvgIpc) is 2.38. The van der Waals surface area contributed by atoms with Crippen LogP contribution in [-0.4, -0.2) is 28.1 Å². The molecule has 1 atom stereocenters. The third-order valence-electron chi connectivity index (χ3n) is 3.48. The zero-order valence-corrected chi connectivity index (χ0v) is 11.8. The van der Waals surface area contributed by atoms with Crippen LogP contribution in [-0.2, 0) is 10.0 Å². The number of hydrogen-bond donors (Lipinski definition) is 2. The Bertz CT molecular complexity index is 539. The van der Waals surface area contributed by atoms with E-state index in [1.807, 2.05) is 6.92 Å². The van der Waals surface area contributed by atoms with Gasteiger partial charge in [-0.25, -0.2) is 17.5 Å². The lowest BCUT2D eigenvalue weighted by Crippen LogP contribution is -2.45. The van der Waals surface area contributed by atoms with Crippen molar-refractivity contribution in [3.8, 4) is 0 Å². The van der Waals surface area contributed by atoms with E-state index in [0.717, 1.165) is 32.0 Å². The van der Waals surface area contributed by atoms with Crippen molar-refractivity contribution in [2.45, 2.75) is 24.7 Å². The van der Waals surface area contributed by atoms with Gasteiger partial charge in [-0.3, -0.25) is 0 Å². The standard InChI is InChI=1S/C13H19FN2O2S/c1-13(6-3-7-15-9-13)10-16-19(17,18)12-5-2-4-11(14)8-12/h2,4-5,8,15-16H,3,6-7,9-10H2,1H3. The normalized spacial score (nSPS) is 24.3. The molecule has 1 aromatic carbocycles. The summed E-state index contributed by atoms with van der Waals surface area (Å²) in [6.45, 7) is 4.18. The molecule has 0 radical (unpaired) electrons. The van der Waals surface area contributed by atoms with Crippen molar-refractivity contribution in [2.75, 3.05) is 19.6 Å². The van der Waals surface area contributed by atoms with Crippen molar-refractivity contribution in [3.05, 3.63) is 30.1 Å². The molecule has 6 heteroatoms. The van der Waals surface area contributed by atoms with Crippen molar-refractivity contribution in [3.63, 3.8) is 0 Å². The number of hydrogen-bond acceptors (Lipinski definition) is 3. The van der Waals surface area contributed by atoms with Gasteiger partial charge >= 0.3 is 0 Å². The van der Waals surface area contributed by atoms with Crippen LogP contribution in [0.3, 0.4) is 0 Å². The molecule has 106 valence electrons. The summed E-state index contributed by atoms with van der Waals surface area (Å²) in [7, 11) is -3.64. The largest absolute Gasteiger partial charge is 0.316 e. The van der Waals surface area contributed by atoms with Gasteiger partial charge in [0.15, 0.2) is 0 Å². The maximum Gasteiger partial charge on any atom is 0.240 e. The van der Waals surface area contributed by atoms with Gasteiger partial charge in [0.2, 0.25) is 10.0 Å². The summed E-state index contributed by atoms with van der Waals surface area (Å²) in [6, 6.07) is 5.05. The molecule has 4 nitrogen and oxygen atoms in total. The Morgan fingerprint density at radius 1 is 1.47 bits per heavy atom. The van der Waals surface area contributed by atoms with Crippen molar-refractivity contribution >= 4 is 10.0 Å². The number of halogens is 1. The van der Waals surface area contributed by atoms with Crippen molar-refractivity contribution in [1.29, 1.82) is 0 Å². The van der Waals surface area contributed by atoms with Gasteiger partial charge in [0.25, 0.3) is 0 Å². The van der Waals surface area contributed by atoms with Gasteiger partial charge in [0, 0.05) is 13.1 Å². The Labute approximate surface area is 113 Å². The molecule has 2 N–H and O–H groups in total. The molecular weight excluding hydrogens is 267 g/mol. The predicted octanol–water partition coefficient (Wildman–Crippen LogP) is 1.49. The minimum atomic E-state index is -3.64. The molecule has 2 rings (SSSR count). The lowest BCUT2D eigenvalue weighted by molar-refractivity contribution is 0.238. The lowest BCUT2D eigenvalue weighted by Gasteiger charge is -2.34. The first-order chi connectivity index (χ1) is 8.91. The third kappa shape index (κ3) is 3.75. The van der Waals surface area contributed by atoms with Crippen LogP contribution in [0.1, 0.15) is 19.8 Å². The second-order valence-electron chi connectivity index (χ2n) is 5.37. The highest BCUT2D eigenvalue weighted by Gasteiger charge is 2.28. The van der Waals surface area contributed by atoms with E-state index in [4.69, 9.17) is 0 Å². The van der Waals surface area contributed by atoms with Crippen LogP contribution in [0.4, 0.5) is 4.39 Å². The van der Waals surface area contributed by atoms with Gasteiger partial charge in [-0.1, -0.05) is 13.0 Å². The minimum Gasteiger partial charge on any atom is -0.316 e. The smallest absolute Gasteiger partial charge is 0.240 e. The second kappa shape index (κ2) is 5.56. The molecule has 1 saturated heterocycles. The van der Waals surface area contributed by atoms with Crippen LogP contribution >= 0.6 is 0 Å². The Balaban J connectivity index is 2.05. The number of benzene rings is 1. The van der Waals surface area contributed by atoms with Gasteiger partial charge in [-0.2, -0.15) is 0 Å². The molecule has 0 saturated carbocycles. The van der Waals surface area contributed by atoms with E-state index in [9.17, 15) is 12.8 Å². The van der Waals surface area contributed by atoms with Crippen molar-refractivity contribution < 1.29 is 12.8 Å². The highest BCUT2D eigenvalue weighted by Crippen LogP contribution is 2.25. The molecule has 1 aromatic rings. The quantitative estimate of drug-likeness (QED) is 0.882. The van der Waals surface area contributed by atoms with Gasteiger partial charge in [0.05, 0.1) is 4.90 Å². The topological polar surface area (TPSA) is 58.2 Å². The van der Waals surface area contributed by atoms with E-state index in [1.165, 1.54) is 18.2 Å². The van der Waals surface area contributed by atoms with E-state index in [1.54, 1.807) is 0 Å². The fraction of sp³-hybridized carbons (Fsp3) is 0.538. The van der Waals surface area contributed by atoms with Crippen molar-refractivity contribution in [1.82, 2.24) is 10.0 Å². The fourth-order valence-corrected chi connectivity index (χ4v) is 3.49. The van der Waals surface area contributed by atoms with Crippen LogP contribution in [0.15, 0.2) is 29.2 Å². The molecule has 1 fully saturated rings. The molecule has 0 spiro atoms. The summed E-state index contributed by atoms with van der Waals surface area (Å²) in [4.78, 5) is -0.0279. The maximum atomic E-state index is 13.1. The van der Waals surface area contributed by atoms with Crippen LogP contribution in [0.25, 0.3) is 0 Å². The van der Waals surface area contributed by atoms with Gasteiger partial charge in [0.1, 0.15) is 5.82 Å². The van der Waals surface area contributed by atoms with Crippen LogP contribution in [0.2, 0.25) is 0 Å². The van der Waals surface area contributed by atoms with Gasteiger partial charge in [-0.15, -0.1) is 0 Å². The molecule has 1 aliphatic rings. The first kappa shape index (κ1) is 14.4. The van der Waals surface area contributed by atoms with Gasteiger partial charge in [-0.05, 0) is 43.0 Å². The van der Waals surface area contributed by atoms with E-state index >= 15 is 0 Å². The molecule has 1 heterocycles. The monoisotopic (exact) mass is 286 g/mol. The first-order valence-corrected chi connectivity index (χ1v) is 7.86. The molecule has 0 bridgehead atoms. The fourth-order valence-electron chi connectivity index (χ4n) is 2.26. The Morgan fingerprint density at radius 3 is 2.89 bits per heavy atom. The highest BCUT2D eigenvalue weighted by molar-refractivity contribution is 7.89. The minimum absolute atomic E-state index is 0.0279. The average molecular weight is 286 g/mol. The van der Waals surface area contributed by atoms with Gasteiger partial charge < -0.3 is 5.32 Å². The summed E-state index contributed by atoms with van der Waals surface area (Å²) < 4.78 is 39.8. The predicted molar refractivity (Wildman–Crippen MR) is 71.8 cm³/mol. The maximum absolute atomic E-state index is 13.1. The summed E-state index contributed by atoms with van der Waals surface area (Å²) in [5.41, 5.74) is -0.0847. The van der Waals surface area contributed by atoms with Crippen LogP contribution in [0, 0.1) is 11.2 Å². The molecule has 0 aromatic heterocycles. The number of rotatable bonds is 4. The molecule has 0 aliphatic carbocycles. The molecule has 0 amide bonds. The molecule has 19 heavy (non-hydrogen) atoms. The SMILES string of the molecule is CC1(CNS(=O)(=O)c2cccc(F)c2)CCCNC1. The Hall–Kier alpha value is -0.980. The van der Waals surface area contributed by atoms with E-state index in [2.05, 4.69) is 10.0 Å². The number of nitrogens with one attached hydrogen (secondary N) is 2. The van der Waals surface area contributed by atoms with E-state index in [-0.39, 0.29) is 10.3 Å². The Kier molecular flexibility index (Phi) is 4.23. The molecular formula is C13H19FN2O2S. The first-order valence-electron chi connectivity index (χ1n) is 6.37. The number of sulfonamides is 1. The van der Waals surface area contributed by atoms with Crippen molar-refractivity contribution in [2.24, 2.45) is 5.41 Å². The zero-order chi connectivity index (χ0) is 13.9. The van der Waals surface area contributed by atoms with E-state index < -0.39 is 15.8 Å². The molecule has 1 unspecified atom stereocenters. The third-order valence-corrected chi connectivity index (χ3v) is 4.88. The summed E-state index contributed by atoms with van der Waals surface area (Å²) >= 11 is 0. The second-order valence-corrected chi connectivity index (χ2v) is 7.14. The highest BCUT2D eigenvalue weighted by atomic mass is 32.2. The van der Waals surface area contributed by atoms with Crippen LogP contribution in [0.5, 0.6) is 0 Å². The summed E-state index contributed by atoms with van der Waals surface area (Å²) in [5.74, 6) is -0.548.